The second-order valence-electron chi connectivity index (χ2n) is 13.3. The Kier molecular flexibility index (Phi) is 10.5. The lowest BCUT2D eigenvalue weighted by Crippen LogP contribution is -2.15. The zero-order valence-electron chi connectivity index (χ0n) is 30.2. The fourth-order valence-electron chi connectivity index (χ4n) is 6.40. The van der Waals surface area contributed by atoms with Crippen molar-refractivity contribution in [2.24, 2.45) is 5.18 Å². The van der Waals surface area contributed by atoms with Crippen LogP contribution in [0.2, 0.25) is 0 Å². The Morgan fingerprint density at radius 2 is 1.69 bits per heavy atom. The van der Waals surface area contributed by atoms with Crippen LogP contribution in [-0.4, -0.2) is 47.3 Å². The molecular weight excluding hydrogens is 683 g/mol. The molecule has 54 heavy (non-hydrogen) atoms. The van der Waals surface area contributed by atoms with Gasteiger partial charge < -0.3 is 20.4 Å². The van der Waals surface area contributed by atoms with Gasteiger partial charge in [-0.15, -0.1) is 0 Å². The van der Waals surface area contributed by atoms with E-state index in [1.54, 1.807) is 54.9 Å². The van der Waals surface area contributed by atoms with Gasteiger partial charge in [0.05, 0.1) is 6.54 Å². The fourth-order valence-corrected chi connectivity index (χ4v) is 6.40. The number of carbonyl (C=O) groups excluding carboxylic acids is 2. The average molecular weight is 722 g/mol. The van der Waals surface area contributed by atoms with E-state index < -0.39 is 0 Å². The number of nitroso groups, excluding NO2 is 1. The molecule has 0 saturated carbocycles. The zero-order chi connectivity index (χ0) is 37.6. The van der Waals surface area contributed by atoms with Crippen LogP contribution in [-0.2, 0) is 17.9 Å². The van der Waals surface area contributed by atoms with Gasteiger partial charge in [-0.1, -0.05) is 35.5 Å². The largest absolute Gasteiger partial charge is 0.378 e. The maximum absolute atomic E-state index is 13.2. The van der Waals surface area contributed by atoms with Crippen LogP contribution in [0, 0.1) is 11.8 Å². The highest BCUT2D eigenvalue weighted by molar-refractivity contribution is 6.07. The maximum atomic E-state index is 13.2. The molecule has 0 bridgehead atoms. The Morgan fingerprint density at radius 3 is 2.46 bits per heavy atom. The van der Waals surface area contributed by atoms with Crippen molar-refractivity contribution in [2.75, 3.05) is 36.2 Å². The van der Waals surface area contributed by atoms with Gasteiger partial charge in [0.15, 0.2) is 5.75 Å². The highest BCUT2D eigenvalue weighted by Crippen LogP contribution is 2.38. The van der Waals surface area contributed by atoms with E-state index in [1.807, 2.05) is 85.3 Å². The van der Waals surface area contributed by atoms with Gasteiger partial charge in [0.25, 0.3) is 11.8 Å². The molecule has 0 radical (unpaired) electrons. The van der Waals surface area contributed by atoms with Crippen molar-refractivity contribution in [3.05, 3.63) is 148 Å². The number of aryl methyl sites for hydroxylation is 2. The standard InChI is InChI=1S/C42H39N7O5/c1-27-7-12-33(44-42(51)32-5-4-6-34(24-32)48(2)3)25-39(27)45-41(50)29-8-13-35(14-9-29)54-53-22-21-49-26-37(40(46-49)28-17-19-43-20-18-28)31-10-15-36-30(23-31)11-16-38(36)47-52/h4-10,12-15,17-20,23-26,38H,11,16,21-22H2,1-3H3,(H,44,51)(H,45,50). The summed E-state index contributed by atoms with van der Waals surface area (Å²) in [4.78, 5) is 54.5. The molecule has 0 fully saturated rings. The van der Waals surface area contributed by atoms with E-state index in [0.29, 0.717) is 34.8 Å². The van der Waals surface area contributed by atoms with E-state index >= 15 is 0 Å². The monoisotopic (exact) mass is 721 g/mol. The lowest BCUT2D eigenvalue weighted by molar-refractivity contribution is -0.208. The lowest BCUT2D eigenvalue weighted by Gasteiger charge is -2.14. The molecule has 0 aliphatic heterocycles. The number of anilines is 3. The van der Waals surface area contributed by atoms with Crippen molar-refractivity contribution in [1.82, 2.24) is 14.8 Å². The molecule has 0 spiro atoms. The number of hydrogen-bond acceptors (Lipinski definition) is 9. The number of hydrogen-bond donors (Lipinski definition) is 2. The van der Waals surface area contributed by atoms with Crippen LogP contribution in [0.25, 0.3) is 22.4 Å². The molecule has 1 atom stereocenters. The minimum Gasteiger partial charge on any atom is -0.378 e. The number of carbonyl (C=O) groups is 2. The molecule has 2 aromatic heterocycles. The molecule has 4 aromatic carbocycles. The molecule has 2 N–H and O–H groups in total. The third-order valence-electron chi connectivity index (χ3n) is 9.39. The Morgan fingerprint density at radius 1 is 0.889 bits per heavy atom. The van der Waals surface area contributed by atoms with Crippen LogP contribution < -0.4 is 20.4 Å². The smallest absolute Gasteiger partial charge is 0.255 e. The van der Waals surface area contributed by atoms with Crippen LogP contribution in [0.3, 0.4) is 0 Å². The van der Waals surface area contributed by atoms with E-state index in [9.17, 15) is 14.5 Å². The number of fused-ring (bicyclic) bond motifs is 1. The maximum Gasteiger partial charge on any atom is 0.255 e. The number of nitrogens with zero attached hydrogens (tertiary/aromatic N) is 5. The summed E-state index contributed by atoms with van der Waals surface area (Å²) in [7, 11) is 3.84. The van der Waals surface area contributed by atoms with Gasteiger partial charge in [0.2, 0.25) is 0 Å². The van der Waals surface area contributed by atoms with Crippen LogP contribution in [0.15, 0.2) is 121 Å². The summed E-state index contributed by atoms with van der Waals surface area (Å²) in [6, 6.07) is 29.1. The van der Waals surface area contributed by atoms with Crippen molar-refractivity contribution in [3.8, 4) is 28.1 Å². The molecule has 2 amide bonds. The zero-order valence-corrected chi connectivity index (χ0v) is 30.2. The van der Waals surface area contributed by atoms with Gasteiger partial charge in [0.1, 0.15) is 18.3 Å². The van der Waals surface area contributed by atoms with Crippen LogP contribution >= 0.6 is 0 Å². The number of pyridine rings is 1. The van der Waals surface area contributed by atoms with Gasteiger partial charge in [-0.05, 0) is 109 Å². The van der Waals surface area contributed by atoms with Crippen LogP contribution in [0.5, 0.6) is 5.75 Å². The Labute approximate surface area is 312 Å². The first kappa shape index (κ1) is 35.7. The van der Waals surface area contributed by atoms with Crippen molar-refractivity contribution in [3.63, 3.8) is 0 Å². The third-order valence-corrected chi connectivity index (χ3v) is 9.39. The van der Waals surface area contributed by atoms with Crippen molar-refractivity contribution >= 4 is 28.9 Å². The molecular formula is C42H39N7O5. The summed E-state index contributed by atoms with van der Waals surface area (Å²) in [5.41, 5.74) is 9.71. The average Bonchev–Trinajstić information content (AvgIpc) is 3.82. The SMILES string of the molecule is Cc1ccc(NC(=O)c2cccc(N(C)C)c2)cc1NC(=O)c1ccc(OOCCn2cc(-c3ccc4c(c3)CCC4N=O)c(-c3ccncc3)n2)cc1. The lowest BCUT2D eigenvalue weighted by atomic mass is 9.98. The van der Waals surface area contributed by atoms with Crippen molar-refractivity contribution in [2.45, 2.75) is 32.4 Å². The molecule has 7 rings (SSSR count). The molecule has 1 unspecified atom stereocenters. The first-order chi connectivity index (χ1) is 26.2. The summed E-state index contributed by atoms with van der Waals surface area (Å²) < 4.78 is 1.82. The molecule has 2 heterocycles. The molecule has 12 heteroatoms. The molecule has 272 valence electrons. The van der Waals surface area contributed by atoms with Gasteiger partial charge in [-0.3, -0.25) is 19.3 Å². The van der Waals surface area contributed by atoms with E-state index in [0.717, 1.165) is 57.6 Å². The summed E-state index contributed by atoms with van der Waals surface area (Å²) in [5.74, 6) is -0.119. The minimum absolute atomic E-state index is 0.212. The van der Waals surface area contributed by atoms with Gasteiger partial charge >= 0.3 is 0 Å². The third kappa shape index (κ3) is 8.03. The summed E-state index contributed by atoms with van der Waals surface area (Å²) in [5, 5.41) is 14.0. The highest BCUT2D eigenvalue weighted by Gasteiger charge is 2.24. The van der Waals surface area contributed by atoms with Crippen molar-refractivity contribution < 1.29 is 19.4 Å². The van der Waals surface area contributed by atoms with Gasteiger partial charge in [-0.2, -0.15) is 14.9 Å². The number of amides is 2. The predicted molar refractivity (Wildman–Crippen MR) is 209 cm³/mol. The number of aromatic nitrogens is 3. The Bertz CT molecular complexity index is 2300. The minimum atomic E-state index is -0.309. The predicted octanol–water partition coefficient (Wildman–Crippen LogP) is 8.26. The van der Waals surface area contributed by atoms with E-state index in [2.05, 4.69) is 26.9 Å². The molecule has 1 aliphatic rings. The summed E-state index contributed by atoms with van der Waals surface area (Å²) in [6.07, 6.45) is 7.00. The first-order valence-corrected chi connectivity index (χ1v) is 17.6. The Hall–Kier alpha value is -6.66. The Balaban J connectivity index is 0.949. The topological polar surface area (TPSA) is 140 Å². The molecule has 1 aliphatic carbocycles. The fraction of sp³-hybridized carbons (Fsp3) is 0.190. The van der Waals surface area contributed by atoms with Crippen molar-refractivity contribution in [1.29, 1.82) is 0 Å². The molecule has 0 saturated heterocycles. The van der Waals surface area contributed by atoms with E-state index in [-0.39, 0.29) is 24.5 Å². The van der Waals surface area contributed by atoms with Gasteiger partial charge in [-0.25, -0.2) is 0 Å². The number of nitrogens with one attached hydrogen (secondary N) is 2. The van der Waals surface area contributed by atoms with Crippen LogP contribution in [0.4, 0.5) is 17.1 Å². The summed E-state index contributed by atoms with van der Waals surface area (Å²) >= 11 is 0. The second-order valence-corrected chi connectivity index (χ2v) is 13.3. The number of benzene rings is 4. The highest BCUT2D eigenvalue weighted by atomic mass is 17.2. The van der Waals surface area contributed by atoms with Crippen LogP contribution in [0.1, 0.15) is 49.9 Å². The van der Waals surface area contributed by atoms with E-state index in [1.165, 1.54) is 0 Å². The summed E-state index contributed by atoms with van der Waals surface area (Å²) in [6.45, 7) is 2.51. The molecule has 12 nitrogen and oxygen atoms in total. The quantitative estimate of drug-likeness (QED) is 0.0526. The first-order valence-electron chi connectivity index (χ1n) is 17.6. The second kappa shape index (κ2) is 15.9. The number of rotatable bonds is 13. The normalized spacial score (nSPS) is 13.2. The van der Waals surface area contributed by atoms with E-state index in [4.69, 9.17) is 14.9 Å². The molecule has 6 aromatic rings. The van der Waals surface area contributed by atoms with Gasteiger partial charge in [0, 0.05) is 72.0 Å².